The van der Waals surface area contributed by atoms with Crippen LogP contribution in [-0.2, 0) is 0 Å². The van der Waals surface area contributed by atoms with Crippen molar-refractivity contribution in [1.82, 2.24) is 0 Å². The monoisotopic (exact) mass is 204 g/mol. The van der Waals surface area contributed by atoms with Crippen molar-refractivity contribution in [2.45, 2.75) is 32.8 Å². The highest BCUT2D eigenvalue weighted by atomic mass is 16.5. The van der Waals surface area contributed by atoms with Crippen molar-refractivity contribution in [1.29, 1.82) is 0 Å². The summed E-state index contributed by atoms with van der Waals surface area (Å²) < 4.78 is 5.80. The molecule has 2 nitrogen and oxygen atoms in total. The summed E-state index contributed by atoms with van der Waals surface area (Å²) >= 11 is 0. The minimum Gasteiger partial charge on any atom is -0.508 e. The second-order valence-electron chi connectivity index (χ2n) is 4.41. The summed E-state index contributed by atoms with van der Waals surface area (Å²) in [4.78, 5) is 0. The third kappa shape index (κ3) is 1.84. The van der Waals surface area contributed by atoms with Gasteiger partial charge in [-0.25, -0.2) is 0 Å². The molecule has 0 saturated carbocycles. The van der Waals surface area contributed by atoms with Crippen LogP contribution < -0.4 is 4.74 Å². The van der Waals surface area contributed by atoms with E-state index in [0.717, 1.165) is 17.7 Å². The fourth-order valence-electron chi connectivity index (χ4n) is 1.96. The lowest BCUT2D eigenvalue weighted by atomic mass is 9.93. The van der Waals surface area contributed by atoms with E-state index in [2.05, 4.69) is 13.0 Å². The summed E-state index contributed by atoms with van der Waals surface area (Å²) in [5.41, 5.74) is 2.09. The minimum atomic E-state index is -0.286. The van der Waals surface area contributed by atoms with Crippen molar-refractivity contribution in [3.63, 3.8) is 0 Å². The summed E-state index contributed by atoms with van der Waals surface area (Å²) in [5, 5.41) is 9.42. The Kier molecular flexibility index (Phi) is 2.22. The van der Waals surface area contributed by atoms with Crippen LogP contribution in [0.3, 0.4) is 0 Å². The summed E-state index contributed by atoms with van der Waals surface area (Å²) in [6.45, 7) is 6.18. The molecule has 0 aliphatic carbocycles. The second-order valence-corrected chi connectivity index (χ2v) is 4.41. The number of allylic oxidation sites excluding steroid dienone is 1. The molecule has 0 amide bonds. The number of aromatic hydroxyl groups is 1. The third-order valence-electron chi connectivity index (χ3n) is 2.59. The molecule has 1 aliphatic heterocycles. The molecule has 1 aromatic rings. The van der Waals surface area contributed by atoms with Crippen LogP contribution in [-0.4, -0.2) is 10.7 Å². The number of rotatable bonds is 1. The summed E-state index contributed by atoms with van der Waals surface area (Å²) in [6, 6.07) is 5.29. The summed E-state index contributed by atoms with van der Waals surface area (Å²) in [7, 11) is 0. The fourth-order valence-corrected chi connectivity index (χ4v) is 1.96. The van der Waals surface area contributed by atoms with Gasteiger partial charge in [-0.1, -0.05) is 6.92 Å². The standard InChI is InChI=1S/C13H16O2/c1-4-9-8-13(2,3)15-12-7-10(14)5-6-11(9)12/h5-8,14H,4H2,1-3H3. The zero-order valence-electron chi connectivity index (χ0n) is 9.37. The topological polar surface area (TPSA) is 29.5 Å². The van der Waals surface area contributed by atoms with Gasteiger partial charge >= 0.3 is 0 Å². The molecule has 0 unspecified atom stereocenters. The normalized spacial score (nSPS) is 17.7. The largest absolute Gasteiger partial charge is 0.508 e. The van der Waals surface area contributed by atoms with Crippen molar-refractivity contribution < 1.29 is 9.84 Å². The molecule has 1 heterocycles. The van der Waals surface area contributed by atoms with Gasteiger partial charge in [-0.15, -0.1) is 0 Å². The van der Waals surface area contributed by atoms with Gasteiger partial charge in [0, 0.05) is 11.6 Å². The summed E-state index contributed by atoms with van der Waals surface area (Å²) in [5.74, 6) is 1.03. The second kappa shape index (κ2) is 3.30. The maximum Gasteiger partial charge on any atom is 0.131 e. The number of phenolic OH excluding ortho intramolecular Hbond substituents is 1. The Hall–Kier alpha value is -1.44. The lowest BCUT2D eigenvalue weighted by Crippen LogP contribution is -2.28. The van der Waals surface area contributed by atoms with Gasteiger partial charge in [-0.3, -0.25) is 0 Å². The Bertz CT molecular complexity index is 417. The molecule has 0 spiro atoms. The van der Waals surface area contributed by atoms with Crippen molar-refractivity contribution in [2.24, 2.45) is 0 Å². The third-order valence-corrected chi connectivity index (χ3v) is 2.59. The molecule has 1 aromatic carbocycles. The van der Waals surface area contributed by atoms with Crippen LogP contribution in [0, 0.1) is 0 Å². The smallest absolute Gasteiger partial charge is 0.131 e. The van der Waals surface area contributed by atoms with Crippen LogP contribution in [0.25, 0.3) is 5.57 Å². The predicted molar refractivity (Wildman–Crippen MR) is 61.1 cm³/mol. The number of benzene rings is 1. The quantitative estimate of drug-likeness (QED) is 0.760. The van der Waals surface area contributed by atoms with E-state index in [-0.39, 0.29) is 11.4 Å². The first-order chi connectivity index (χ1) is 7.02. The van der Waals surface area contributed by atoms with Crippen LogP contribution >= 0.6 is 0 Å². The molecule has 0 bridgehead atoms. The van der Waals surface area contributed by atoms with Gasteiger partial charge < -0.3 is 9.84 Å². The molecule has 0 radical (unpaired) electrons. The lowest BCUT2D eigenvalue weighted by Gasteiger charge is -2.31. The van der Waals surface area contributed by atoms with Gasteiger partial charge in [-0.2, -0.15) is 0 Å². The van der Waals surface area contributed by atoms with Crippen LogP contribution in [0.2, 0.25) is 0 Å². The molecule has 0 saturated heterocycles. The first-order valence-corrected chi connectivity index (χ1v) is 5.26. The highest BCUT2D eigenvalue weighted by molar-refractivity contribution is 5.73. The average Bonchev–Trinajstić information content (AvgIpc) is 2.14. The van der Waals surface area contributed by atoms with E-state index in [4.69, 9.17) is 4.74 Å². The first kappa shape index (κ1) is 10.1. The zero-order chi connectivity index (χ0) is 11.1. The SMILES string of the molecule is CCC1=CC(C)(C)Oc2cc(O)ccc21. The molecule has 0 aromatic heterocycles. The molecule has 0 atom stereocenters. The van der Waals surface area contributed by atoms with E-state index < -0.39 is 0 Å². The Balaban J connectivity index is 2.55. The van der Waals surface area contributed by atoms with Crippen LogP contribution in [0.1, 0.15) is 32.8 Å². The molecule has 2 rings (SSSR count). The van der Waals surface area contributed by atoms with Gasteiger partial charge in [0.25, 0.3) is 0 Å². The zero-order valence-corrected chi connectivity index (χ0v) is 9.37. The van der Waals surface area contributed by atoms with E-state index in [1.54, 1.807) is 12.1 Å². The number of hydrogen-bond donors (Lipinski definition) is 1. The number of ether oxygens (including phenoxy) is 1. The molecule has 80 valence electrons. The molecule has 0 fully saturated rings. The van der Waals surface area contributed by atoms with E-state index in [9.17, 15) is 5.11 Å². The van der Waals surface area contributed by atoms with Crippen molar-refractivity contribution in [3.8, 4) is 11.5 Å². The Morgan fingerprint density at radius 1 is 1.33 bits per heavy atom. The average molecular weight is 204 g/mol. The highest BCUT2D eigenvalue weighted by Gasteiger charge is 2.25. The van der Waals surface area contributed by atoms with Crippen molar-refractivity contribution in [3.05, 3.63) is 29.8 Å². The molecular weight excluding hydrogens is 188 g/mol. The van der Waals surface area contributed by atoms with E-state index >= 15 is 0 Å². The van der Waals surface area contributed by atoms with Crippen LogP contribution in [0.15, 0.2) is 24.3 Å². The molecule has 15 heavy (non-hydrogen) atoms. The lowest BCUT2D eigenvalue weighted by molar-refractivity contribution is 0.157. The van der Waals surface area contributed by atoms with E-state index in [1.165, 1.54) is 5.57 Å². The summed E-state index contributed by atoms with van der Waals surface area (Å²) in [6.07, 6.45) is 3.12. The van der Waals surface area contributed by atoms with E-state index in [0.29, 0.717) is 0 Å². The highest BCUT2D eigenvalue weighted by Crippen LogP contribution is 2.39. The van der Waals surface area contributed by atoms with Gasteiger partial charge in [0.1, 0.15) is 17.1 Å². The van der Waals surface area contributed by atoms with Gasteiger partial charge in [-0.05, 0) is 44.1 Å². The number of fused-ring (bicyclic) bond motifs is 1. The van der Waals surface area contributed by atoms with Gasteiger partial charge in [0.15, 0.2) is 0 Å². The van der Waals surface area contributed by atoms with E-state index in [1.807, 2.05) is 19.9 Å². The maximum absolute atomic E-state index is 9.42. The molecular formula is C13H16O2. The Morgan fingerprint density at radius 2 is 2.07 bits per heavy atom. The maximum atomic E-state index is 9.42. The minimum absolute atomic E-state index is 0.252. The predicted octanol–water partition coefficient (Wildman–Crippen LogP) is 3.36. The van der Waals surface area contributed by atoms with Gasteiger partial charge in [0.2, 0.25) is 0 Å². The fraction of sp³-hybridized carbons (Fsp3) is 0.385. The Morgan fingerprint density at radius 3 is 2.73 bits per heavy atom. The first-order valence-electron chi connectivity index (χ1n) is 5.26. The number of hydrogen-bond acceptors (Lipinski definition) is 2. The van der Waals surface area contributed by atoms with Crippen LogP contribution in [0.5, 0.6) is 11.5 Å². The van der Waals surface area contributed by atoms with Crippen LogP contribution in [0.4, 0.5) is 0 Å². The molecule has 2 heteroatoms. The molecule has 1 aliphatic rings. The van der Waals surface area contributed by atoms with Gasteiger partial charge in [0.05, 0.1) is 0 Å². The Labute approximate surface area is 90.2 Å². The van der Waals surface area contributed by atoms with Crippen molar-refractivity contribution in [2.75, 3.05) is 0 Å². The number of phenols is 1. The molecule has 1 N–H and O–H groups in total. The van der Waals surface area contributed by atoms with Crippen molar-refractivity contribution >= 4 is 5.57 Å².